The predicted octanol–water partition coefficient (Wildman–Crippen LogP) is 2.72. The van der Waals surface area contributed by atoms with Crippen molar-refractivity contribution < 1.29 is 14.5 Å². The molecule has 2 N–H and O–H groups in total. The van der Waals surface area contributed by atoms with Gasteiger partial charge in [0, 0.05) is 28.8 Å². The summed E-state index contributed by atoms with van der Waals surface area (Å²) in [6.07, 6.45) is 2.66. The molecule has 2 amide bonds. The van der Waals surface area contributed by atoms with Crippen molar-refractivity contribution in [2.45, 2.75) is 0 Å². The van der Waals surface area contributed by atoms with Gasteiger partial charge in [-0.25, -0.2) is 0 Å². The SMILES string of the molecule is O=C(/C=C/c1ccc([N+](=O)[O-])cc1)NNC(=O)c1ccc(Cl)cc1. The van der Waals surface area contributed by atoms with Gasteiger partial charge >= 0.3 is 0 Å². The molecule has 0 saturated heterocycles. The van der Waals surface area contributed by atoms with Gasteiger partial charge in [-0.1, -0.05) is 11.6 Å². The fourth-order valence-electron chi connectivity index (χ4n) is 1.71. The number of hydrogen-bond acceptors (Lipinski definition) is 4. The maximum absolute atomic E-state index is 11.8. The Kier molecular flexibility index (Phi) is 5.64. The van der Waals surface area contributed by atoms with Gasteiger partial charge in [0.15, 0.2) is 0 Å². The molecule has 0 aliphatic heterocycles. The Labute approximate surface area is 142 Å². The molecule has 122 valence electrons. The third-order valence-electron chi connectivity index (χ3n) is 2.94. The van der Waals surface area contributed by atoms with Gasteiger partial charge in [0.25, 0.3) is 17.5 Å². The Balaban J connectivity index is 1.87. The number of benzene rings is 2. The van der Waals surface area contributed by atoms with Crippen molar-refractivity contribution in [2.75, 3.05) is 0 Å². The van der Waals surface area contributed by atoms with Gasteiger partial charge < -0.3 is 0 Å². The normalized spacial score (nSPS) is 10.4. The zero-order valence-corrected chi connectivity index (χ0v) is 13.0. The summed E-state index contributed by atoms with van der Waals surface area (Å²) in [5.41, 5.74) is 5.41. The van der Waals surface area contributed by atoms with E-state index in [1.807, 2.05) is 0 Å². The molecule has 7 nitrogen and oxygen atoms in total. The van der Waals surface area contributed by atoms with Crippen LogP contribution in [0, 0.1) is 10.1 Å². The van der Waals surface area contributed by atoms with Crippen LogP contribution >= 0.6 is 11.6 Å². The number of nitrogens with zero attached hydrogens (tertiary/aromatic N) is 1. The highest BCUT2D eigenvalue weighted by Crippen LogP contribution is 2.12. The summed E-state index contributed by atoms with van der Waals surface area (Å²) in [5.74, 6) is -1.03. The molecule has 0 heterocycles. The number of nitrogens with one attached hydrogen (secondary N) is 2. The molecule has 0 aliphatic rings. The zero-order chi connectivity index (χ0) is 17.5. The highest BCUT2D eigenvalue weighted by atomic mass is 35.5. The Morgan fingerprint density at radius 1 is 1.00 bits per heavy atom. The lowest BCUT2D eigenvalue weighted by atomic mass is 10.2. The van der Waals surface area contributed by atoms with Gasteiger partial charge in [0.05, 0.1) is 4.92 Å². The first-order valence-electron chi connectivity index (χ1n) is 6.74. The molecule has 2 aromatic carbocycles. The molecule has 0 spiro atoms. The number of nitro benzene ring substituents is 1. The van der Waals surface area contributed by atoms with Crippen molar-refractivity contribution in [1.82, 2.24) is 10.9 Å². The van der Waals surface area contributed by atoms with Gasteiger partial charge in [-0.2, -0.15) is 0 Å². The smallest absolute Gasteiger partial charge is 0.268 e. The molecule has 0 atom stereocenters. The molecule has 0 unspecified atom stereocenters. The van der Waals surface area contributed by atoms with E-state index in [2.05, 4.69) is 10.9 Å². The van der Waals surface area contributed by atoms with E-state index >= 15 is 0 Å². The van der Waals surface area contributed by atoms with E-state index in [0.29, 0.717) is 16.1 Å². The molecule has 24 heavy (non-hydrogen) atoms. The number of hydrazine groups is 1. The van der Waals surface area contributed by atoms with E-state index in [-0.39, 0.29) is 5.69 Å². The van der Waals surface area contributed by atoms with Gasteiger partial charge in [-0.3, -0.25) is 30.6 Å². The van der Waals surface area contributed by atoms with Crippen LogP contribution in [0.5, 0.6) is 0 Å². The Bertz CT molecular complexity index is 786. The monoisotopic (exact) mass is 345 g/mol. The number of hydrogen-bond donors (Lipinski definition) is 2. The highest BCUT2D eigenvalue weighted by Gasteiger charge is 2.06. The van der Waals surface area contributed by atoms with Gasteiger partial charge in [-0.15, -0.1) is 0 Å². The molecule has 0 fully saturated rings. The second-order valence-electron chi connectivity index (χ2n) is 4.63. The third-order valence-corrected chi connectivity index (χ3v) is 3.19. The first kappa shape index (κ1) is 17.2. The molecule has 2 rings (SSSR count). The van der Waals surface area contributed by atoms with Crippen molar-refractivity contribution in [3.05, 3.63) is 80.9 Å². The fraction of sp³-hybridized carbons (Fsp3) is 0. The number of halogens is 1. The summed E-state index contributed by atoms with van der Waals surface area (Å²) in [6.45, 7) is 0. The predicted molar refractivity (Wildman–Crippen MR) is 89.2 cm³/mol. The lowest BCUT2D eigenvalue weighted by molar-refractivity contribution is -0.384. The van der Waals surface area contributed by atoms with Gasteiger partial charge in [0.2, 0.25) is 0 Å². The van der Waals surface area contributed by atoms with E-state index in [1.165, 1.54) is 48.6 Å². The highest BCUT2D eigenvalue weighted by molar-refractivity contribution is 6.30. The minimum Gasteiger partial charge on any atom is -0.268 e. The molecule has 0 saturated carbocycles. The summed E-state index contributed by atoms with van der Waals surface area (Å²) in [6, 6.07) is 11.9. The summed E-state index contributed by atoms with van der Waals surface area (Å²) in [5, 5.41) is 11.0. The number of non-ortho nitro benzene ring substituents is 1. The molecule has 0 aliphatic carbocycles. The first-order valence-corrected chi connectivity index (χ1v) is 7.12. The van der Waals surface area contributed by atoms with Crippen LogP contribution in [0.25, 0.3) is 6.08 Å². The van der Waals surface area contributed by atoms with Crippen LogP contribution in [0.1, 0.15) is 15.9 Å². The van der Waals surface area contributed by atoms with Crippen molar-refractivity contribution in [1.29, 1.82) is 0 Å². The molecule has 0 bridgehead atoms. The second kappa shape index (κ2) is 7.89. The van der Waals surface area contributed by atoms with E-state index in [0.717, 1.165) is 0 Å². The average Bonchev–Trinajstić information content (AvgIpc) is 2.58. The van der Waals surface area contributed by atoms with Crippen molar-refractivity contribution in [3.63, 3.8) is 0 Å². The minimum absolute atomic E-state index is 0.0353. The largest absolute Gasteiger partial charge is 0.269 e. The lowest BCUT2D eigenvalue weighted by Gasteiger charge is -2.05. The van der Waals surface area contributed by atoms with Crippen LogP contribution < -0.4 is 10.9 Å². The van der Waals surface area contributed by atoms with E-state index < -0.39 is 16.7 Å². The maximum Gasteiger partial charge on any atom is 0.269 e. The van der Waals surface area contributed by atoms with Crippen LogP contribution in [-0.2, 0) is 4.79 Å². The number of rotatable bonds is 4. The summed E-state index contributed by atoms with van der Waals surface area (Å²) >= 11 is 5.72. The fourth-order valence-corrected chi connectivity index (χ4v) is 1.84. The Morgan fingerprint density at radius 3 is 2.21 bits per heavy atom. The summed E-state index contributed by atoms with van der Waals surface area (Å²) in [4.78, 5) is 33.4. The van der Waals surface area contributed by atoms with Crippen LogP contribution in [0.15, 0.2) is 54.6 Å². The quantitative estimate of drug-likeness (QED) is 0.505. The van der Waals surface area contributed by atoms with Crippen LogP contribution in [-0.4, -0.2) is 16.7 Å². The number of carbonyl (C=O) groups is 2. The number of nitro groups is 1. The van der Waals surface area contributed by atoms with E-state index in [1.54, 1.807) is 12.1 Å². The van der Waals surface area contributed by atoms with Crippen molar-refractivity contribution in [2.24, 2.45) is 0 Å². The molecular weight excluding hydrogens is 334 g/mol. The van der Waals surface area contributed by atoms with Crippen LogP contribution in [0.4, 0.5) is 5.69 Å². The summed E-state index contributed by atoms with van der Waals surface area (Å²) in [7, 11) is 0. The second-order valence-corrected chi connectivity index (χ2v) is 5.07. The molecular formula is C16H12ClN3O4. The van der Waals surface area contributed by atoms with Crippen LogP contribution in [0.3, 0.4) is 0 Å². The molecule has 2 aromatic rings. The maximum atomic E-state index is 11.8. The minimum atomic E-state index is -0.546. The van der Waals surface area contributed by atoms with Crippen LogP contribution in [0.2, 0.25) is 5.02 Å². The van der Waals surface area contributed by atoms with Gasteiger partial charge in [0.1, 0.15) is 0 Å². The Hall–Kier alpha value is -3.19. The Morgan fingerprint density at radius 2 is 1.62 bits per heavy atom. The molecule has 8 heteroatoms. The summed E-state index contributed by atoms with van der Waals surface area (Å²) < 4.78 is 0. The zero-order valence-electron chi connectivity index (χ0n) is 12.2. The van der Waals surface area contributed by atoms with E-state index in [9.17, 15) is 19.7 Å². The standard InChI is InChI=1S/C16H12ClN3O4/c17-13-6-4-12(5-7-13)16(22)19-18-15(21)10-3-11-1-8-14(9-2-11)20(23)24/h1-10H,(H,18,21)(H,19,22)/b10-3+. The lowest BCUT2D eigenvalue weighted by Crippen LogP contribution is -2.40. The first-order chi connectivity index (χ1) is 11.5. The molecule has 0 radical (unpaired) electrons. The van der Waals surface area contributed by atoms with Gasteiger partial charge in [-0.05, 0) is 48.0 Å². The topological polar surface area (TPSA) is 101 Å². The molecule has 0 aromatic heterocycles. The van der Waals surface area contributed by atoms with Crippen molar-refractivity contribution >= 4 is 35.2 Å². The average molecular weight is 346 g/mol. The third kappa shape index (κ3) is 4.92. The number of amides is 2. The van der Waals surface area contributed by atoms with Crippen molar-refractivity contribution in [3.8, 4) is 0 Å². The van der Waals surface area contributed by atoms with E-state index in [4.69, 9.17) is 11.6 Å². The number of carbonyl (C=O) groups excluding carboxylic acids is 2.